The minimum atomic E-state index is 0.666. The molecule has 3 rings (SSSR count). The molecule has 3 aromatic heterocycles. The second-order valence-corrected chi connectivity index (χ2v) is 5.04. The molecule has 0 aliphatic rings. The maximum Gasteiger partial charge on any atom is 0.180 e. The van der Waals surface area contributed by atoms with Gasteiger partial charge in [0.2, 0.25) is 0 Å². The fourth-order valence-electron chi connectivity index (χ4n) is 1.81. The van der Waals surface area contributed by atoms with Gasteiger partial charge in [-0.1, -0.05) is 6.07 Å². The lowest BCUT2D eigenvalue weighted by Crippen LogP contribution is -2.04. The third kappa shape index (κ3) is 2.58. The van der Waals surface area contributed by atoms with E-state index in [9.17, 15) is 0 Å². The molecule has 0 spiro atoms. The molecule has 6 heteroatoms. The Balaban J connectivity index is 1.85. The maximum absolute atomic E-state index is 4.41. The third-order valence-electron chi connectivity index (χ3n) is 2.78. The van der Waals surface area contributed by atoms with E-state index in [-0.39, 0.29) is 0 Å². The van der Waals surface area contributed by atoms with Crippen molar-refractivity contribution in [1.82, 2.24) is 19.4 Å². The molecular formula is C13H12BrN5. The van der Waals surface area contributed by atoms with Crippen molar-refractivity contribution in [2.75, 3.05) is 5.32 Å². The Kier molecular flexibility index (Phi) is 3.16. The van der Waals surface area contributed by atoms with Gasteiger partial charge in [-0.05, 0) is 34.5 Å². The van der Waals surface area contributed by atoms with E-state index in [0.29, 0.717) is 6.54 Å². The molecule has 5 nitrogen and oxygen atoms in total. The predicted molar refractivity (Wildman–Crippen MR) is 77.0 cm³/mol. The maximum atomic E-state index is 4.41. The summed E-state index contributed by atoms with van der Waals surface area (Å²) >= 11 is 3.39. The van der Waals surface area contributed by atoms with Crippen molar-refractivity contribution in [1.29, 1.82) is 0 Å². The zero-order chi connectivity index (χ0) is 13.2. The molecule has 19 heavy (non-hydrogen) atoms. The van der Waals surface area contributed by atoms with Crippen molar-refractivity contribution < 1.29 is 0 Å². The van der Waals surface area contributed by atoms with Crippen LogP contribution in [0.3, 0.4) is 0 Å². The van der Waals surface area contributed by atoms with Crippen LogP contribution < -0.4 is 5.32 Å². The van der Waals surface area contributed by atoms with Crippen molar-refractivity contribution in [3.63, 3.8) is 0 Å². The molecule has 0 aromatic carbocycles. The van der Waals surface area contributed by atoms with Gasteiger partial charge in [0.1, 0.15) is 4.60 Å². The van der Waals surface area contributed by atoms with Crippen LogP contribution in [0.15, 0.2) is 41.5 Å². The molecule has 0 aliphatic carbocycles. The molecule has 0 saturated carbocycles. The summed E-state index contributed by atoms with van der Waals surface area (Å²) in [6.45, 7) is 2.64. The van der Waals surface area contributed by atoms with Crippen LogP contribution in [0, 0.1) is 6.92 Å². The average molecular weight is 318 g/mol. The molecule has 96 valence electrons. The number of nitrogens with one attached hydrogen (secondary N) is 1. The minimum absolute atomic E-state index is 0.666. The standard InChI is InChI=1S/C13H12BrN5/c1-9-2-3-10(6-16-9)7-17-12-13-15-4-5-19(13)8-11(14)18-12/h2-6,8H,7H2,1H3,(H,17,18). The van der Waals surface area contributed by atoms with E-state index in [1.165, 1.54) is 0 Å². The summed E-state index contributed by atoms with van der Waals surface area (Å²) in [5.41, 5.74) is 2.93. The van der Waals surface area contributed by atoms with E-state index in [1.54, 1.807) is 6.20 Å². The lowest BCUT2D eigenvalue weighted by Gasteiger charge is -2.07. The Morgan fingerprint density at radius 2 is 2.21 bits per heavy atom. The normalized spacial score (nSPS) is 10.8. The number of nitrogens with zero attached hydrogens (tertiary/aromatic N) is 4. The molecule has 0 fully saturated rings. The number of anilines is 1. The van der Waals surface area contributed by atoms with Crippen LogP contribution in [-0.4, -0.2) is 19.4 Å². The van der Waals surface area contributed by atoms with Crippen LogP contribution >= 0.6 is 15.9 Å². The fourth-order valence-corrected chi connectivity index (χ4v) is 2.21. The zero-order valence-corrected chi connectivity index (χ0v) is 11.9. The molecule has 0 aliphatic heterocycles. The Labute approximate surface area is 118 Å². The summed E-state index contributed by atoms with van der Waals surface area (Å²) in [6, 6.07) is 4.05. The lowest BCUT2D eigenvalue weighted by atomic mass is 10.2. The number of hydrogen-bond acceptors (Lipinski definition) is 4. The molecule has 0 amide bonds. The van der Waals surface area contributed by atoms with E-state index >= 15 is 0 Å². The van der Waals surface area contributed by atoms with Crippen LogP contribution in [0.2, 0.25) is 0 Å². The molecule has 0 unspecified atom stereocenters. The summed E-state index contributed by atoms with van der Waals surface area (Å²) in [5.74, 6) is 0.750. The SMILES string of the molecule is Cc1ccc(CNc2nc(Br)cn3ccnc23)cn1. The quantitative estimate of drug-likeness (QED) is 0.807. The van der Waals surface area contributed by atoms with Crippen molar-refractivity contribution in [3.05, 3.63) is 52.8 Å². The number of rotatable bonds is 3. The smallest absolute Gasteiger partial charge is 0.180 e. The molecule has 3 aromatic rings. The first-order chi connectivity index (χ1) is 9.22. The number of pyridine rings is 1. The molecular weight excluding hydrogens is 306 g/mol. The Morgan fingerprint density at radius 3 is 3.00 bits per heavy atom. The summed E-state index contributed by atoms with van der Waals surface area (Å²) in [6.07, 6.45) is 7.38. The molecule has 1 N–H and O–H groups in total. The van der Waals surface area contributed by atoms with Gasteiger partial charge in [-0.15, -0.1) is 0 Å². The predicted octanol–water partition coefficient (Wildman–Crippen LogP) is 2.81. The number of fused-ring (bicyclic) bond motifs is 1. The van der Waals surface area contributed by atoms with Gasteiger partial charge in [-0.25, -0.2) is 9.97 Å². The van der Waals surface area contributed by atoms with Gasteiger partial charge in [-0.2, -0.15) is 0 Å². The van der Waals surface area contributed by atoms with Crippen molar-refractivity contribution in [2.45, 2.75) is 13.5 Å². The van der Waals surface area contributed by atoms with E-state index in [1.807, 2.05) is 36.0 Å². The van der Waals surface area contributed by atoms with E-state index in [4.69, 9.17) is 0 Å². The van der Waals surface area contributed by atoms with E-state index in [2.05, 4.69) is 42.3 Å². The first-order valence-corrected chi connectivity index (χ1v) is 6.66. The molecule has 0 saturated heterocycles. The molecule has 0 atom stereocenters. The average Bonchev–Trinajstić information content (AvgIpc) is 2.85. The van der Waals surface area contributed by atoms with Gasteiger partial charge in [0, 0.05) is 37.0 Å². The fraction of sp³-hybridized carbons (Fsp3) is 0.154. The van der Waals surface area contributed by atoms with Gasteiger partial charge in [0.25, 0.3) is 0 Å². The van der Waals surface area contributed by atoms with Crippen molar-refractivity contribution >= 4 is 27.4 Å². The molecule has 0 radical (unpaired) electrons. The molecule has 3 heterocycles. The van der Waals surface area contributed by atoms with Gasteiger partial charge in [0.15, 0.2) is 11.5 Å². The number of hydrogen-bond donors (Lipinski definition) is 1. The van der Waals surface area contributed by atoms with E-state index < -0.39 is 0 Å². The highest BCUT2D eigenvalue weighted by molar-refractivity contribution is 9.10. The van der Waals surface area contributed by atoms with E-state index in [0.717, 1.165) is 27.3 Å². The first-order valence-electron chi connectivity index (χ1n) is 5.87. The van der Waals surface area contributed by atoms with Crippen LogP contribution in [-0.2, 0) is 6.54 Å². The number of imidazole rings is 1. The van der Waals surface area contributed by atoms with Gasteiger partial charge in [-0.3, -0.25) is 4.98 Å². The summed E-state index contributed by atoms with van der Waals surface area (Å²) in [4.78, 5) is 13.0. The highest BCUT2D eigenvalue weighted by Crippen LogP contribution is 2.17. The van der Waals surface area contributed by atoms with Crippen LogP contribution in [0.5, 0.6) is 0 Å². The Bertz CT molecular complexity index is 705. The summed E-state index contributed by atoms with van der Waals surface area (Å²) in [7, 11) is 0. The second-order valence-electron chi connectivity index (χ2n) is 4.23. The third-order valence-corrected chi connectivity index (χ3v) is 3.16. The molecule has 0 bridgehead atoms. The largest absolute Gasteiger partial charge is 0.363 e. The minimum Gasteiger partial charge on any atom is -0.363 e. The van der Waals surface area contributed by atoms with Crippen molar-refractivity contribution in [2.24, 2.45) is 0 Å². The summed E-state index contributed by atoms with van der Waals surface area (Å²) < 4.78 is 2.69. The number of aryl methyl sites for hydroxylation is 1. The lowest BCUT2D eigenvalue weighted by molar-refractivity contribution is 1.04. The topological polar surface area (TPSA) is 55.1 Å². The summed E-state index contributed by atoms with van der Waals surface area (Å²) in [5, 5.41) is 3.29. The number of halogens is 1. The number of aromatic nitrogens is 4. The second kappa shape index (κ2) is 4.97. The Hall–Kier alpha value is -1.95. The first kappa shape index (κ1) is 12.1. The van der Waals surface area contributed by atoms with Gasteiger partial charge >= 0.3 is 0 Å². The van der Waals surface area contributed by atoms with Gasteiger partial charge < -0.3 is 9.72 Å². The van der Waals surface area contributed by atoms with Crippen LogP contribution in [0.4, 0.5) is 5.82 Å². The van der Waals surface area contributed by atoms with Crippen LogP contribution in [0.25, 0.3) is 5.65 Å². The zero-order valence-electron chi connectivity index (χ0n) is 10.3. The highest BCUT2D eigenvalue weighted by atomic mass is 79.9. The highest BCUT2D eigenvalue weighted by Gasteiger charge is 2.06. The monoisotopic (exact) mass is 317 g/mol. The Morgan fingerprint density at radius 1 is 1.32 bits per heavy atom. The van der Waals surface area contributed by atoms with Crippen molar-refractivity contribution in [3.8, 4) is 0 Å². The van der Waals surface area contributed by atoms with Crippen LogP contribution in [0.1, 0.15) is 11.3 Å². The van der Waals surface area contributed by atoms with Gasteiger partial charge in [0.05, 0.1) is 0 Å².